The Kier molecular flexibility index (Phi) is 2.86. The lowest BCUT2D eigenvalue weighted by Crippen LogP contribution is -2.22. The first-order chi connectivity index (χ1) is 7.00. The van der Waals surface area contributed by atoms with Gasteiger partial charge in [0.05, 0.1) is 4.47 Å². The van der Waals surface area contributed by atoms with Gasteiger partial charge in [-0.05, 0) is 65.7 Å². The Morgan fingerprint density at radius 3 is 2.73 bits per heavy atom. The van der Waals surface area contributed by atoms with E-state index in [1.54, 1.807) is 6.07 Å². The van der Waals surface area contributed by atoms with Crippen LogP contribution in [0.1, 0.15) is 30.4 Å². The third kappa shape index (κ3) is 2.58. The van der Waals surface area contributed by atoms with Crippen LogP contribution >= 0.6 is 15.9 Å². The van der Waals surface area contributed by atoms with Gasteiger partial charge < -0.3 is 5.73 Å². The summed E-state index contributed by atoms with van der Waals surface area (Å²) in [6.07, 6.45) is 3.80. The van der Waals surface area contributed by atoms with Gasteiger partial charge in [0.15, 0.2) is 0 Å². The minimum absolute atomic E-state index is 0.00264. The Bertz CT molecular complexity index is 385. The van der Waals surface area contributed by atoms with Gasteiger partial charge in [-0.2, -0.15) is 0 Å². The highest BCUT2D eigenvalue weighted by atomic mass is 79.9. The van der Waals surface area contributed by atoms with E-state index in [9.17, 15) is 4.39 Å². The van der Waals surface area contributed by atoms with Crippen molar-refractivity contribution >= 4 is 15.9 Å². The average molecular weight is 272 g/mol. The molecule has 1 nitrogen and oxygen atoms in total. The topological polar surface area (TPSA) is 26.0 Å². The van der Waals surface area contributed by atoms with Crippen molar-refractivity contribution in [2.45, 2.75) is 38.1 Å². The third-order valence-electron chi connectivity index (χ3n) is 3.03. The van der Waals surface area contributed by atoms with Crippen molar-refractivity contribution < 1.29 is 4.39 Å². The number of rotatable bonds is 3. The molecule has 1 aromatic rings. The molecule has 1 fully saturated rings. The second kappa shape index (κ2) is 3.87. The zero-order valence-corrected chi connectivity index (χ0v) is 10.4. The lowest BCUT2D eigenvalue weighted by Gasteiger charge is -2.10. The van der Waals surface area contributed by atoms with Gasteiger partial charge in [0.25, 0.3) is 0 Å². The van der Waals surface area contributed by atoms with Gasteiger partial charge in [-0.15, -0.1) is 0 Å². The fraction of sp³-hybridized carbons (Fsp3) is 0.500. The molecule has 15 heavy (non-hydrogen) atoms. The van der Waals surface area contributed by atoms with Gasteiger partial charge in [-0.1, -0.05) is 6.07 Å². The quantitative estimate of drug-likeness (QED) is 0.897. The normalized spacial score (nSPS) is 17.9. The standard InChI is InChI=1S/C12H15BrFN/c1-8-6-9(11(14)10(13)7-8)2-3-12(15)4-5-12/h6-7H,2-5,15H2,1H3. The maximum atomic E-state index is 13.7. The summed E-state index contributed by atoms with van der Waals surface area (Å²) < 4.78 is 14.2. The van der Waals surface area contributed by atoms with Crippen molar-refractivity contribution in [2.75, 3.05) is 0 Å². The molecule has 1 aliphatic rings. The average Bonchev–Trinajstić information content (AvgIpc) is 2.88. The summed E-state index contributed by atoms with van der Waals surface area (Å²) in [5.41, 5.74) is 7.85. The molecule has 0 heterocycles. The summed E-state index contributed by atoms with van der Waals surface area (Å²) in [5, 5.41) is 0. The first-order valence-corrected chi connectivity index (χ1v) is 6.03. The van der Waals surface area contributed by atoms with Crippen LogP contribution < -0.4 is 5.73 Å². The lowest BCUT2D eigenvalue weighted by molar-refractivity contribution is 0.567. The highest BCUT2D eigenvalue weighted by Crippen LogP contribution is 2.37. The van der Waals surface area contributed by atoms with Crippen LogP contribution in [0.15, 0.2) is 16.6 Å². The lowest BCUT2D eigenvalue weighted by atomic mass is 10.0. The molecule has 0 bridgehead atoms. The molecule has 1 aliphatic carbocycles. The molecule has 82 valence electrons. The van der Waals surface area contributed by atoms with Gasteiger partial charge in [0.2, 0.25) is 0 Å². The molecule has 0 unspecified atom stereocenters. The van der Waals surface area contributed by atoms with E-state index in [0.29, 0.717) is 4.47 Å². The minimum atomic E-state index is -0.134. The predicted octanol–water partition coefficient (Wildman–Crippen LogP) is 3.32. The van der Waals surface area contributed by atoms with E-state index in [1.807, 2.05) is 13.0 Å². The first-order valence-electron chi connectivity index (χ1n) is 5.24. The fourth-order valence-corrected chi connectivity index (χ4v) is 2.39. The van der Waals surface area contributed by atoms with Gasteiger partial charge in [0.1, 0.15) is 5.82 Å². The Labute approximate surface area is 98.0 Å². The summed E-state index contributed by atoms with van der Waals surface area (Å²) >= 11 is 3.23. The summed E-state index contributed by atoms with van der Waals surface area (Å²) in [6, 6.07) is 3.71. The number of hydrogen-bond acceptors (Lipinski definition) is 1. The number of nitrogens with two attached hydrogens (primary N) is 1. The Morgan fingerprint density at radius 2 is 2.13 bits per heavy atom. The fourth-order valence-electron chi connectivity index (χ4n) is 1.77. The number of halogens is 2. The molecule has 0 amide bonds. The Balaban J connectivity index is 2.13. The number of aryl methyl sites for hydroxylation is 2. The molecule has 0 spiro atoms. The monoisotopic (exact) mass is 271 g/mol. The summed E-state index contributed by atoms with van der Waals surface area (Å²) in [4.78, 5) is 0. The minimum Gasteiger partial charge on any atom is -0.325 e. The maximum Gasteiger partial charge on any atom is 0.140 e. The molecule has 1 aromatic carbocycles. The van der Waals surface area contributed by atoms with Gasteiger partial charge in [-0.25, -0.2) is 4.39 Å². The molecule has 0 aliphatic heterocycles. The summed E-state index contributed by atoms with van der Waals surface area (Å²) in [6.45, 7) is 1.98. The second-order valence-corrected chi connectivity index (χ2v) is 5.44. The zero-order valence-electron chi connectivity index (χ0n) is 8.82. The van der Waals surface area contributed by atoms with Crippen molar-refractivity contribution in [1.29, 1.82) is 0 Å². The van der Waals surface area contributed by atoms with E-state index in [4.69, 9.17) is 5.73 Å². The highest BCUT2D eigenvalue weighted by molar-refractivity contribution is 9.10. The van der Waals surface area contributed by atoms with Crippen molar-refractivity contribution in [2.24, 2.45) is 5.73 Å². The van der Waals surface area contributed by atoms with E-state index in [1.165, 1.54) is 0 Å². The first kappa shape index (κ1) is 11.1. The van der Waals surface area contributed by atoms with Crippen molar-refractivity contribution in [3.8, 4) is 0 Å². The highest BCUT2D eigenvalue weighted by Gasteiger charge is 2.37. The Morgan fingerprint density at radius 1 is 1.47 bits per heavy atom. The molecule has 2 N–H and O–H groups in total. The summed E-state index contributed by atoms with van der Waals surface area (Å²) in [7, 11) is 0. The van der Waals surface area contributed by atoms with Crippen LogP contribution in [0.3, 0.4) is 0 Å². The van der Waals surface area contributed by atoms with Crippen LogP contribution in [0.5, 0.6) is 0 Å². The van der Waals surface area contributed by atoms with E-state index >= 15 is 0 Å². The summed E-state index contributed by atoms with van der Waals surface area (Å²) in [5.74, 6) is -0.134. The molecule has 3 heteroatoms. The van der Waals surface area contributed by atoms with Crippen molar-refractivity contribution in [3.63, 3.8) is 0 Å². The second-order valence-electron chi connectivity index (χ2n) is 4.58. The van der Waals surface area contributed by atoms with Gasteiger partial charge in [0, 0.05) is 5.54 Å². The van der Waals surface area contributed by atoms with Crippen molar-refractivity contribution in [3.05, 3.63) is 33.5 Å². The molecule has 2 rings (SSSR count). The third-order valence-corrected chi connectivity index (χ3v) is 3.61. The maximum absolute atomic E-state index is 13.7. The van der Waals surface area contributed by atoms with E-state index < -0.39 is 0 Å². The van der Waals surface area contributed by atoms with Crippen LogP contribution in [0.4, 0.5) is 4.39 Å². The van der Waals surface area contributed by atoms with Crippen LogP contribution in [0, 0.1) is 12.7 Å². The number of hydrogen-bond donors (Lipinski definition) is 1. The molecule has 0 radical (unpaired) electrons. The van der Waals surface area contributed by atoms with E-state index in [-0.39, 0.29) is 11.4 Å². The number of benzene rings is 1. The van der Waals surface area contributed by atoms with Crippen LogP contribution in [-0.4, -0.2) is 5.54 Å². The molecule has 1 saturated carbocycles. The largest absolute Gasteiger partial charge is 0.325 e. The van der Waals surface area contributed by atoms with E-state index in [2.05, 4.69) is 15.9 Å². The molecule has 0 aromatic heterocycles. The molecular weight excluding hydrogens is 257 g/mol. The van der Waals surface area contributed by atoms with Crippen molar-refractivity contribution in [1.82, 2.24) is 0 Å². The zero-order chi connectivity index (χ0) is 11.1. The molecular formula is C12H15BrFN. The van der Waals surface area contributed by atoms with E-state index in [0.717, 1.165) is 36.8 Å². The van der Waals surface area contributed by atoms with Crippen LogP contribution in [-0.2, 0) is 6.42 Å². The van der Waals surface area contributed by atoms with Gasteiger partial charge in [-0.3, -0.25) is 0 Å². The Hall–Kier alpha value is -0.410. The smallest absolute Gasteiger partial charge is 0.140 e. The predicted molar refractivity (Wildman–Crippen MR) is 63.3 cm³/mol. The van der Waals surface area contributed by atoms with Crippen LogP contribution in [0.2, 0.25) is 0 Å². The SMILES string of the molecule is Cc1cc(Br)c(F)c(CCC2(N)CC2)c1. The van der Waals surface area contributed by atoms with Crippen LogP contribution in [0.25, 0.3) is 0 Å². The molecule has 0 saturated heterocycles. The van der Waals surface area contributed by atoms with Gasteiger partial charge >= 0.3 is 0 Å². The molecule has 0 atom stereocenters.